The van der Waals surface area contributed by atoms with Crippen LogP contribution < -0.4 is 10.5 Å². The highest BCUT2D eigenvalue weighted by Gasteiger charge is 2.27. The first-order valence-electron chi connectivity index (χ1n) is 8.77. The Morgan fingerprint density at radius 2 is 2.04 bits per heavy atom. The Kier molecular flexibility index (Phi) is 4.06. The third-order valence-corrected chi connectivity index (χ3v) is 5.25. The molecule has 0 bridgehead atoms. The second kappa shape index (κ2) is 6.37. The van der Waals surface area contributed by atoms with Crippen molar-refractivity contribution in [3.8, 4) is 5.75 Å². The topological polar surface area (TPSA) is 54.9 Å². The normalized spacial score (nSPS) is 18.0. The van der Waals surface area contributed by atoms with Crippen LogP contribution in [0.2, 0.25) is 0 Å². The Morgan fingerprint density at radius 1 is 1.20 bits per heavy atom. The van der Waals surface area contributed by atoms with E-state index in [0.29, 0.717) is 11.6 Å². The maximum atomic E-state index is 11.9. The molecule has 0 radical (unpaired) electrons. The number of aromatic hydroxyl groups is 1. The molecule has 128 valence electrons. The molecule has 3 aromatic rings. The Hall–Kier alpha value is -2.59. The molecule has 25 heavy (non-hydrogen) atoms. The highest BCUT2D eigenvalue weighted by Crippen LogP contribution is 2.28. The molecule has 0 saturated carbocycles. The number of fused-ring (bicyclic) bond motifs is 2. The van der Waals surface area contributed by atoms with E-state index in [9.17, 15) is 9.90 Å². The molecule has 0 spiro atoms. The largest absolute Gasteiger partial charge is 0.508 e. The zero-order chi connectivity index (χ0) is 17.4. The van der Waals surface area contributed by atoms with Crippen LogP contribution in [-0.4, -0.2) is 12.2 Å². The Labute approximate surface area is 146 Å². The highest BCUT2D eigenvalue weighted by molar-refractivity contribution is 5.81. The third-order valence-electron chi connectivity index (χ3n) is 5.25. The molecule has 0 saturated heterocycles. The monoisotopic (exact) mass is 336 g/mol. The number of nitrogens with one attached hydrogen (secondary N) is 1. The molecule has 1 aliphatic carbocycles. The minimum atomic E-state index is -0.370. The summed E-state index contributed by atoms with van der Waals surface area (Å²) in [5, 5.41) is 10.5. The second-order valence-corrected chi connectivity index (χ2v) is 6.94. The summed E-state index contributed by atoms with van der Waals surface area (Å²) in [6.07, 6.45) is 3.50. The first-order chi connectivity index (χ1) is 12.1. The van der Waals surface area contributed by atoms with Gasteiger partial charge in [-0.2, -0.15) is 0 Å². The van der Waals surface area contributed by atoms with E-state index in [1.54, 1.807) is 12.1 Å². The maximum Gasteiger partial charge on any atom is 0.336 e. The molecule has 1 heterocycles. The van der Waals surface area contributed by atoms with Gasteiger partial charge in [0.1, 0.15) is 23.9 Å². The van der Waals surface area contributed by atoms with Gasteiger partial charge in [-0.3, -0.25) is 0 Å². The smallest absolute Gasteiger partial charge is 0.336 e. The Morgan fingerprint density at radius 3 is 2.92 bits per heavy atom. The van der Waals surface area contributed by atoms with Crippen molar-refractivity contribution in [2.75, 3.05) is 7.05 Å². The summed E-state index contributed by atoms with van der Waals surface area (Å²) in [7, 11) is 2.19. The average Bonchev–Trinajstić information content (AvgIpc) is 2.60. The molecule has 2 atom stereocenters. The van der Waals surface area contributed by atoms with Crippen LogP contribution in [0.5, 0.6) is 5.75 Å². The lowest BCUT2D eigenvalue weighted by atomic mass is 9.87. The van der Waals surface area contributed by atoms with Gasteiger partial charge in [0, 0.05) is 35.1 Å². The van der Waals surface area contributed by atoms with Crippen molar-refractivity contribution in [1.82, 2.24) is 0 Å². The molecule has 0 fully saturated rings. The predicted octanol–water partition coefficient (Wildman–Crippen LogP) is 2.59. The number of quaternary nitrogens is 1. The van der Waals surface area contributed by atoms with Crippen LogP contribution in [0.25, 0.3) is 11.0 Å². The summed E-state index contributed by atoms with van der Waals surface area (Å²) in [4.78, 5) is 13.3. The standard InChI is InChI=1S/C21H21NO3/c1-22(19-8-4-6-14-5-2-3-7-17(14)19)13-15-11-21(24)25-20-12-16(23)9-10-18(15)20/h2-3,5,7,9-12,19,23H,4,6,8,13H2,1H3/p+1/t19-/m1/s1. The lowest BCUT2D eigenvalue weighted by molar-refractivity contribution is -0.926. The van der Waals surface area contributed by atoms with E-state index in [2.05, 4.69) is 31.3 Å². The zero-order valence-corrected chi connectivity index (χ0v) is 14.3. The van der Waals surface area contributed by atoms with Crippen LogP contribution in [0.3, 0.4) is 0 Å². The van der Waals surface area contributed by atoms with Crippen molar-refractivity contribution in [2.24, 2.45) is 0 Å². The summed E-state index contributed by atoms with van der Waals surface area (Å²) in [5.74, 6) is 0.106. The lowest BCUT2D eigenvalue weighted by Crippen LogP contribution is -3.08. The van der Waals surface area contributed by atoms with Crippen LogP contribution in [0, 0.1) is 0 Å². The summed E-state index contributed by atoms with van der Waals surface area (Å²) < 4.78 is 5.24. The fourth-order valence-electron chi connectivity index (χ4n) is 4.05. The summed E-state index contributed by atoms with van der Waals surface area (Å²) in [6.45, 7) is 0.742. The van der Waals surface area contributed by atoms with E-state index in [1.807, 2.05) is 6.07 Å². The van der Waals surface area contributed by atoms with Crippen molar-refractivity contribution < 1.29 is 14.4 Å². The van der Waals surface area contributed by atoms with Crippen molar-refractivity contribution in [1.29, 1.82) is 0 Å². The van der Waals surface area contributed by atoms with E-state index >= 15 is 0 Å². The number of hydrogen-bond acceptors (Lipinski definition) is 3. The van der Waals surface area contributed by atoms with Crippen molar-refractivity contribution in [2.45, 2.75) is 31.8 Å². The van der Waals surface area contributed by atoms with Crippen molar-refractivity contribution in [3.05, 3.63) is 75.6 Å². The van der Waals surface area contributed by atoms with E-state index < -0.39 is 0 Å². The molecular weight excluding hydrogens is 314 g/mol. The van der Waals surface area contributed by atoms with Gasteiger partial charge in [-0.05, 0) is 30.5 Å². The van der Waals surface area contributed by atoms with Gasteiger partial charge < -0.3 is 14.4 Å². The molecule has 4 nitrogen and oxygen atoms in total. The van der Waals surface area contributed by atoms with Crippen LogP contribution in [-0.2, 0) is 13.0 Å². The number of aryl methyl sites for hydroxylation is 1. The molecule has 4 rings (SSSR count). The van der Waals surface area contributed by atoms with Gasteiger partial charge in [-0.25, -0.2) is 4.79 Å². The first kappa shape index (κ1) is 15.9. The number of phenols is 1. The fraction of sp³-hybridized carbons (Fsp3) is 0.286. The maximum absolute atomic E-state index is 11.9. The number of rotatable bonds is 3. The summed E-state index contributed by atoms with van der Waals surface area (Å²) >= 11 is 0. The molecule has 4 heteroatoms. The summed E-state index contributed by atoms with van der Waals surface area (Å²) in [6, 6.07) is 15.7. The van der Waals surface area contributed by atoms with E-state index in [-0.39, 0.29) is 11.4 Å². The van der Waals surface area contributed by atoms with Gasteiger partial charge in [0.2, 0.25) is 0 Å². The molecule has 0 amide bonds. The molecule has 2 N–H and O–H groups in total. The molecule has 0 aliphatic heterocycles. The van der Waals surface area contributed by atoms with Gasteiger partial charge in [-0.1, -0.05) is 24.3 Å². The Balaban J connectivity index is 1.69. The van der Waals surface area contributed by atoms with Gasteiger partial charge in [0.05, 0.1) is 7.05 Å². The molecular formula is C21H22NO3+. The zero-order valence-electron chi connectivity index (χ0n) is 14.3. The van der Waals surface area contributed by atoms with E-state index in [4.69, 9.17) is 4.42 Å². The Bertz CT molecular complexity index is 976. The second-order valence-electron chi connectivity index (χ2n) is 6.94. The first-order valence-corrected chi connectivity index (χ1v) is 8.77. The average molecular weight is 336 g/mol. The van der Waals surface area contributed by atoms with Gasteiger partial charge in [-0.15, -0.1) is 0 Å². The molecule has 2 aromatic carbocycles. The van der Waals surface area contributed by atoms with Crippen LogP contribution in [0.1, 0.15) is 35.6 Å². The van der Waals surface area contributed by atoms with Gasteiger partial charge in [0.25, 0.3) is 0 Å². The molecule has 1 aliphatic rings. The predicted molar refractivity (Wildman–Crippen MR) is 96.9 cm³/mol. The van der Waals surface area contributed by atoms with Gasteiger partial charge in [0.15, 0.2) is 0 Å². The van der Waals surface area contributed by atoms with Crippen molar-refractivity contribution >= 4 is 11.0 Å². The number of hydrogen-bond donors (Lipinski definition) is 2. The number of benzene rings is 2. The van der Waals surface area contributed by atoms with E-state index in [0.717, 1.165) is 30.3 Å². The summed E-state index contributed by atoms with van der Waals surface area (Å²) in [5.41, 5.74) is 3.91. The van der Waals surface area contributed by atoms with Crippen LogP contribution >= 0.6 is 0 Å². The lowest BCUT2D eigenvalue weighted by Gasteiger charge is -2.30. The molecule has 1 aromatic heterocycles. The number of phenolic OH excluding ortho intramolecular Hbond substituents is 1. The van der Waals surface area contributed by atoms with Gasteiger partial charge >= 0.3 is 5.63 Å². The molecule has 1 unspecified atom stereocenters. The quantitative estimate of drug-likeness (QED) is 0.723. The van der Waals surface area contributed by atoms with Crippen LogP contribution in [0.15, 0.2) is 57.7 Å². The fourth-order valence-corrected chi connectivity index (χ4v) is 4.05. The SMILES string of the molecule is C[NH+](Cc1cc(=O)oc2cc(O)ccc12)[C@@H]1CCCc2ccccc21. The third kappa shape index (κ3) is 3.05. The minimum Gasteiger partial charge on any atom is -0.508 e. The minimum absolute atomic E-state index is 0.106. The van der Waals surface area contributed by atoms with Crippen LogP contribution in [0.4, 0.5) is 0 Å². The van der Waals surface area contributed by atoms with Crippen molar-refractivity contribution in [3.63, 3.8) is 0 Å². The van der Waals surface area contributed by atoms with E-state index in [1.165, 1.54) is 28.5 Å². The highest BCUT2D eigenvalue weighted by atomic mass is 16.4.